The molecule has 0 atom stereocenters. The standard InChI is InChI=1S/C19H34N2O2/c1-14(2)11-15(21-10-8-6-5-7-9-20)18-16(22)12-19(3,4)13-17(18)23/h14,22H,5-13,20H2,1-4H3. The number of nitrogens with two attached hydrogens (primary N) is 1. The molecule has 1 rings (SSSR count). The van der Waals surface area contributed by atoms with Crippen LogP contribution in [-0.4, -0.2) is 29.7 Å². The number of ketones is 1. The first kappa shape index (κ1) is 19.9. The highest BCUT2D eigenvalue weighted by atomic mass is 16.3. The quantitative estimate of drug-likeness (QED) is 0.493. The predicted molar refractivity (Wildman–Crippen MR) is 97.0 cm³/mol. The Hall–Kier alpha value is -1.16. The molecule has 0 aromatic heterocycles. The average Bonchev–Trinajstić information content (AvgIpc) is 2.39. The van der Waals surface area contributed by atoms with Crippen molar-refractivity contribution in [3.63, 3.8) is 0 Å². The van der Waals surface area contributed by atoms with Gasteiger partial charge < -0.3 is 10.8 Å². The summed E-state index contributed by atoms with van der Waals surface area (Å²) in [6.07, 6.45) is 6.10. The van der Waals surface area contributed by atoms with Gasteiger partial charge in [-0.2, -0.15) is 0 Å². The normalized spacial score (nSPS) is 18.9. The molecule has 3 N–H and O–H groups in total. The Labute approximate surface area is 141 Å². The zero-order chi connectivity index (χ0) is 17.5. The molecule has 0 fully saturated rings. The van der Waals surface area contributed by atoms with Gasteiger partial charge in [0.05, 0.1) is 5.57 Å². The van der Waals surface area contributed by atoms with Crippen LogP contribution < -0.4 is 5.73 Å². The van der Waals surface area contributed by atoms with Gasteiger partial charge in [0.1, 0.15) is 5.76 Å². The van der Waals surface area contributed by atoms with Gasteiger partial charge >= 0.3 is 0 Å². The third-order valence-electron chi connectivity index (χ3n) is 4.16. The highest BCUT2D eigenvalue weighted by molar-refractivity contribution is 6.23. The molecule has 1 aliphatic rings. The van der Waals surface area contributed by atoms with E-state index in [0.29, 0.717) is 24.3 Å². The maximum Gasteiger partial charge on any atom is 0.168 e. The number of carbonyl (C=O) groups excluding carboxylic acids is 1. The fourth-order valence-corrected chi connectivity index (χ4v) is 3.07. The van der Waals surface area contributed by atoms with Crippen LogP contribution in [0.3, 0.4) is 0 Å². The second-order valence-electron chi connectivity index (χ2n) is 7.89. The van der Waals surface area contributed by atoms with Crippen molar-refractivity contribution in [1.82, 2.24) is 0 Å². The number of rotatable bonds is 9. The minimum absolute atomic E-state index is 0.0429. The third-order valence-corrected chi connectivity index (χ3v) is 4.16. The van der Waals surface area contributed by atoms with E-state index in [-0.39, 0.29) is 17.0 Å². The van der Waals surface area contributed by atoms with Crippen LogP contribution in [-0.2, 0) is 4.79 Å². The van der Waals surface area contributed by atoms with Crippen molar-refractivity contribution >= 4 is 11.5 Å². The van der Waals surface area contributed by atoms with Crippen LogP contribution in [0.2, 0.25) is 0 Å². The number of Topliss-reactive ketones (excluding diaryl/α,β-unsaturated/α-hetero) is 1. The monoisotopic (exact) mass is 322 g/mol. The van der Waals surface area contributed by atoms with Crippen LogP contribution in [0.5, 0.6) is 0 Å². The van der Waals surface area contributed by atoms with E-state index >= 15 is 0 Å². The maximum atomic E-state index is 12.5. The van der Waals surface area contributed by atoms with Crippen molar-refractivity contribution < 1.29 is 9.90 Å². The van der Waals surface area contributed by atoms with E-state index in [4.69, 9.17) is 5.73 Å². The molecule has 0 heterocycles. The third kappa shape index (κ3) is 6.86. The number of aliphatic hydroxyl groups is 1. The molecule has 0 saturated heterocycles. The zero-order valence-corrected chi connectivity index (χ0v) is 15.3. The number of hydrogen-bond acceptors (Lipinski definition) is 4. The van der Waals surface area contributed by atoms with Gasteiger partial charge in [0, 0.05) is 25.1 Å². The summed E-state index contributed by atoms with van der Waals surface area (Å²) in [6, 6.07) is 0. The molecule has 0 radical (unpaired) electrons. The topological polar surface area (TPSA) is 75.7 Å². The molecule has 4 heteroatoms. The van der Waals surface area contributed by atoms with Gasteiger partial charge in [-0.3, -0.25) is 9.79 Å². The van der Waals surface area contributed by atoms with Crippen molar-refractivity contribution in [2.24, 2.45) is 22.1 Å². The Balaban J connectivity index is 2.82. The van der Waals surface area contributed by atoms with Crippen molar-refractivity contribution in [1.29, 1.82) is 0 Å². The van der Waals surface area contributed by atoms with E-state index in [1.165, 1.54) is 0 Å². The number of aliphatic imine (C=N–C) groups is 1. The summed E-state index contributed by atoms with van der Waals surface area (Å²) < 4.78 is 0. The van der Waals surface area contributed by atoms with Crippen molar-refractivity contribution in [2.75, 3.05) is 13.1 Å². The molecule has 0 aromatic carbocycles. The van der Waals surface area contributed by atoms with Crippen molar-refractivity contribution in [3.8, 4) is 0 Å². The lowest BCUT2D eigenvalue weighted by atomic mass is 9.75. The second-order valence-corrected chi connectivity index (χ2v) is 7.89. The fourth-order valence-electron chi connectivity index (χ4n) is 3.07. The summed E-state index contributed by atoms with van der Waals surface area (Å²) in [4.78, 5) is 17.2. The van der Waals surface area contributed by atoms with Crippen LogP contribution in [0.25, 0.3) is 0 Å². The number of allylic oxidation sites excluding steroid dienone is 2. The van der Waals surface area contributed by atoms with Crippen LogP contribution in [0.4, 0.5) is 0 Å². The van der Waals surface area contributed by atoms with E-state index in [9.17, 15) is 9.90 Å². The summed E-state index contributed by atoms with van der Waals surface area (Å²) in [5.74, 6) is 0.684. The summed E-state index contributed by atoms with van der Waals surface area (Å²) in [6.45, 7) is 9.74. The summed E-state index contributed by atoms with van der Waals surface area (Å²) in [5, 5.41) is 10.4. The van der Waals surface area contributed by atoms with Gasteiger partial charge in [-0.1, -0.05) is 40.5 Å². The molecule has 0 spiro atoms. The minimum Gasteiger partial charge on any atom is -0.511 e. The summed E-state index contributed by atoms with van der Waals surface area (Å²) >= 11 is 0. The first-order valence-electron chi connectivity index (χ1n) is 8.96. The van der Waals surface area contributed by atoms with Gasteiger partial charge in [0.25, 0.3) is 0 Å². The predicted octanol–water partition coefficient (Wildman–Crippen LogP) is 4.19. The van der Waals surface area contributed by atoms with E-state index in [1.54, 1.807) is 0 Å². The summed E-state index contributed by atoms with van der Waals surface area (Å²) in [5.41, 5.74) is 6.64. The second kappa shape index (κ2) is 9.21. The largest absolute Gasteiger partial charge is 0.511 e. The SMILES string of the molecule is CC(C)CC(=NCCCCCCN)C1=C(O)CC(C)(C)CC1=O. The average molecular weight is 322 g/mol. The molecule has 0 aromatic rings. The van der Waals surface area contributed by atoms with Gasteiger partial charge in [-0.05, 0) is 37.1 Å². The molecular formula is C19H34N2O2. The zero-order valence-electron chi connectivity index (χ0n) is 15.3. The highest BCUT2D eigenvalue weighted by Crippen LogP contribution is 2.36. The first-order chi connectivity index (χ1) is 10.8. The molecule has 0 amide bonds. The van der Waals surface area contributed by atoms with Gasteiger partial charge in [0.2, 0.25) is 0 Å². The molecule has 0 unspecified atom stereocenters. The minimum atomic E-state index is -0.157. The first-order valence-corrected chi connectivity index (χ1v) is 8.96. The van der Waals surface area contributed by atoms with E-state index < -0.39 is 0 Å². The van der Waals surface area contributed by atoms with E-state index in [2.05, 4.69) is 18.8 Å². The van der Waals surface area contributed by atoms with Gasteiger partial charge in [0.15, 0.2) is 5.78 Å². The number of hydrogen-bond donors (Lipinski definition) is 2. The number of carbonyl (C=O) groups is 1. The highest BCUT2D eigenvalue weighted by Gasteiger charge is 2.34. The Morgan fingerprint density at radius 1 is 1.22 bits per heavy atom. The van der Waals surface area contributed by atoms with Crippen molar-refractivity contribution in [3.05, 3.63) is 11.3 Å². The van der Waals surface area contributed by atoms with Crippen LogP contribution in [0, 0.1) is 11.3 Å². The molecule has 23 heavy (non-hydrogen) atoms. The number of unbranched alkanes of at least 4 members (excludes halogenated alkanes) is 3. The Morgan fingerprint density at radius 3 is 2.43 bits per heavy atom. The molecule has 0 aliphatic heterocycles. The Kier molecular flexibility index (Phi) is 7.97. The molecule has 0 saturated carbocycles. The Bertz CT molecular complexity index is 462. The number of aliphatic hydroxyl groups excluding tert-OH is 1. The van der Waals surface area contributed by atoms with Crippen LogP contribution in [0.1, 0.15) is 72.6 Å². The molecule has 0 bridgehead atoms. The molecular weight excluding hydrogens is 288 g/mol. The maximum absolute atomic E-state index is 12.5. The van der Waals surface area contributed by atoms with E-state index in [0.717, 1.165) is 50.9 Å². The smallest absolute Gasteiger partial charge is 0.168 e. The van der Waals surface area contributed by atoms with Crippen molar-refractivity contribution in [2.45, 2.75) is 72.6 Å². The lowest BCUT2D eigenvalue weighted by Crippen LogP contribution is -2.29. The molecule has 4 nitrogen and oxygen atoms in total. The van der Waals surface area contributed by atoms with Gasteiger partial charge in [-0.15, -0.1) is 0 Å². The molecule has 132 valence electrons. The fraction of sp³-hybridized carbons (Fsp3) is 0.789. The lowest BCUT2D eigenvalue weighted by Gasteiger charge is -2.30. The van der Waals surface area contributed by atoms with Crippen LogP contribution in [0.15, 0.2) is 16.3 Å². The van der Waals surface area contributed by atoms with Gasteiger partial charge in [-0.25, -0.2) is 0 Å². The lowest BCUT2D eigenvalue weighted by molar-refractivity contribution is -0.117. The molecule has 1 aliphatic carbocycles. The summed E-state index contributed by atoms with van der Waals surface area (Å²) in [7, 11) is 0. The Morgan fingerprint density at radius 2 is 1.87 bits per heavy atom. The number of nitrogens with zero attached hydrogens (tertiary/aromatic N) is 1. The van der Waals surface area contributed by atoms with E-state index in [1.807, 2.05) is 13.8 Å². The van der Waals surface area contributed by atoms with Crippen LogP contribution >= 0.6 is 0 Å².